The molecule has 1 aromatic heterocycles. The van der Waals surface area contributed by atoms with Crippen molar-refractivity contribution in [3.63, 3.8) is 0 Å². The number of amidine groups is 1. The Balaban J connectivity index is 1.35. The van der Waals surface area contributed by atoms with Crippen molar-refractivity contribution >= 4 is 22.9 Å². The number of aromatic nitrogens is 1. The summed E-state index contributed by atoms with van der Waals surface area (Å²) in [6, 6.07) is 17.3. The molecule has 1 N–H and O–H groups in total. The quantitative estimate of drug-likeness (QED) is 0.666. The maximum Gasteiger partial charge on any atom is 0.156 e. The van der Waals surface area contributed by atoms with Crippen LogP contribution in [0.3, 0.4) is 0 Å². The summed E-state index contributed by atoms with van der Waals surface area (Å²) < 4.78 is 5.27. The molecule has 0 unspecified atom stereocenters. The van der Waals surface area contributed by atoms with E-state index < -0.39 is 0 Å². The van der Waals surface area contributed by atoms with Gasteiger partial charge in [0, 0.05) is 37.0 Å². The number of nitrogens with one attached hydrogen (secondary N) is 1. The summed E-state index contributed by atoms with van der Waals surface area (Å²) >= 11 is 1.80. The van der Waals surface area contributed by atoms with E-state index in [1.165, 1.54) is 16.0 Å². The second kappa shape index (κ2) is 8.81. The molecule has 0 bridgehead atoms. The van der Waals surface area contributed by atoms with Gasteiger partial charge in [0.05, 0.1) is 17.8 Å². The average Bonchev–Trinajstić information content (AvgIpc) is 3.09. The van der Waals surface area contributed by atoms with Crippen LogP contribution < -0.4 is 10.1 Å². The molecule has 2 aliphatic rings. The van der Waals surface area contributed by atoms with Gasteiger partial charge in [-0.1, -0.05) is 30.3 Å². The fraction of sp³-hybridized carbons (Fsp3) is 0.360. The van der Waals surface area contributed by atoms with Gasteiger partial charge in [0.15, 0.2) is 5.84 Å². The number of rotatable bonds is 4. The first-order chi connectivity index (χ1) is 15.2. The third-order valence-corrected chi connectivity index (χ3v) is 7.05. The van der Waals surface area contributed by atoms with Gasteiger partial charge < -0.3 is 15.0 Å². The molecule has 0 spiro atoms. The molecule has 6 heteroatoms. The van der Waals surface area contributed by atoms with Crippen molar-refractivity contribution in [1.82, 2.24) is 15.2 Å². The van der Waals surface area contributed by atoms with Gasteiger partial charge in [-0.2, -0.15) is 0 Å². The highest BCUT2D eigenvalue weighted by atomic mass is 32.1. The molecular weight excluding hydrogens is 404 g/mol. The highest BCUT2D eigenvalue weighted by Crippen LogP contribution is 2.32. The highest BCUT2D eigenvalue weighted by molar-refractivity contribution is 7.11. The number of fused-ring (bicyclic) bond motifs is 2. The number of piperazine rings is 1. The molecule has 1 saturated heterocycles. The van der Waals surface area contributed by atoms with Crippen LogP contribution in [0, 0.1) is 6.92 Å². The number of hydrogen-bond donors (Lipinski definition) is 1. The van der Waals surface area contributed by atoms with Gasteiger partial charge in [-0.25, -0.2) is 9.98 Å². The minimum Gasteiger partial charge on any atom is -0.497 e. The molecule has 5 nitrogen and oxygen atoms in total. The summed E-state index contributed by atoms with van der Waals surface area (Å²) in [5.41, 5.74) is 4.79. The summed E-state index contributed by atoms with van der Waals surface area (Å²) in [6.45, 7) is 4.97. The molecule has 31 heavy (non-hydrogen) atoms. The van der Waals surface area contributed by atoms with Crippen LogP contribution in [-0.4, -0.2) is 48.5 Å². The number of hydrogen-bond acceptors (Lipinski definition) is 6. The van der Waals surface area contributed by atoms with E-state index in [2.05, 4.69) is 53.5 Å². The van der Waals surface area contributed by atoms with Crippen molar-refractivity contribution in [2.45, 2.75) is 32.2 Å². The van der Waals surface area contributed by atoms with Crippen LogP contribution in [0.5, 0.6) is 5.75 Å². The molecule has 0 amide bonds. The van der Waals surface area contributed by atoms with Gasteiger partial charge in [-0.3, -0.25) is 0 Å². The van der Waals surface area contributed by atoms with Crippen molar-refractivity contribution in [1.29, 1.82) is 0 Å². The number of aliphatic imine (C=N–C) groups is 1. The molecule has 1 fully saturated rings. The number of para-hydroxylation sites is 1. The Bertz CT molecular complexity index is 1090. The second-order valence-electron chi connectivity index (χ2n) is 8.23. The van der Waals surface area contributed by atoms with E-state index in [0.717, 1.165) is 66.9 Å². The summed E-state index contributed by atoms with van der Waals surface area (Å²) in [7, 11) is 1.71. The number of ether oxygens (including phenoxy) is 1. The smallest absolute Gasteiger partial charge is 0.156 e. The lowest BCUT2D eigenvalue weighted by Gasteiger charge is -2.35. The lowest BCUT2D eigenvalue weighted by molar-refractivity contribution is 0.282. The molecule has 1 atom stereocenters. The molecule has 0 saturated carbocycles. The Morgan fingerprint density at radius 2 is 2.00 bits per heavy atom. The SMILES string of the molecule is COc1ccc(CC[C@H]2CN(C3=Nc4ccccc4Cc4sc(C)nc43)CCN2)cc1. The molecule has 5 rings (SSSR count). The predicted octanol–water partition coefficient (Wildman–Crippen LogP) is 4.35. The molecule has 0 aliphatic carbocycles. The van der Waals surface area contributed by atoms with Crippen LogP contribution in [-0.2, 0) is 12.8 Å². The van der Waals surface area contributed by atoms with Crippen molar-refractivity contribution in [3.8, 4) is 5.75 Å². The maximum atomic E-state index is 5.27. The number of thiazole rings is 1. The Labute approximate surface area is 187 Å². The minimum absolute atomic E-state index is 0.431. The third kappa shape index (κ3) is 4.36. The van der Waals surface area contributed by atoms with Crippen LogP contribution in [0.1, 0.15) is 33.1 Å². The predicted molar refractivity (Wildman–Crippen MR) is 127 cm³/mol. The Hall–Kier alpha value is -2.70. The first-order valence-electron chi connectivity index (χ1n) is 10.9. The van der Waals surface area contributed by atoms with Crippen LogP contribution in [0.15, 0.2) is 53.5 Å². The first-order valence-corrected chi connectivity index (χ1v) is 11.8. The van der Waals surface area contributed by atoms with E-state index in [1.54, 1.807) is 18.4 Å². The fourth-order valence-electron chi connectivity index (χ4n) is 4.44. The van der Waals surface area contributed by atoms with Gasteiger partial charge in [0.1, 0.15) is 11.4 Å². The van der Waals surface area contributed by atoms with Crippen LogP contribution in [0.25, 0.3) is 0 Å². The summed E-state index contributed by atoms with van der Waals surface area (Å²) in [4.78, 5) is 13.8. The van der Waals surface area contributed by atoms with Crippen molar-refractivity contribution in [2.24, 2.45) is 4.99 Å². The van der Waals surface area contributed by atoms with Crippen LogP contribution in [0.2, 0.25) is 0 Å². The molecule has 0 radical (unpaired) electrons. The average molecular weight is 433 g/mol. The lowest BCUT2D eigenvalue weighted by atomic mass is 10.0. The number of benzene rings is 2. The maximum absolute atomic E-state index is 5.27. The fourth-order valence-corrected chi connectivity index (χ4v) is 5.39. The minimum atomic E-state index is 0.431. The van der Waals surface area contributed by atoms with E-state index in [-0.39, 0.29) is 0 Å². The largest absolute Gasteiger partial charge is 0.497 e. The van der Waals surface area contributed by atoms with Crippen molar-refractivity contribution in [3.05, 3.63) is 75.2 Å². The number of nitrogens with zero attached hydrogens (tertiary/aromatic N) is 3. The first kappa shape index (κ1) is 20.2. The highest BCUT2D eigenvalue weighted by Gasteiger charge is 2.28. The van der Waals surface area contributed by atoms with E-state index in [4.69, 9.17) is 14.7 Å². The van der Waals surface area contributed by atoms with Crippen molar-refractivity contribution < 1.29 is 4.74 Å². The topological polar surface area (TPSA) is 49.8 Å². The van der Waals surface area contributed by atoms with E-state index in [0.29, 0.717) is 6.04 Å². The van der Waals surface area contributed by atoms with Gasteiger partial charge in [0.25, 0.3) is 0 Å². The molecular formula is C25H28N4OS. The summed E-state index contributed by atoms with van der Waals surface area (Å²) in [6.07, 6.45) is 3.05. The standard InChI is InChI=1S/C25H28N4OS/c1-17-27-24-23(31-17)15-19-5-3-4-6-22(19)28-25(24)29-14-13-26-20(16-29)10-7-18-8-11-21(30-2)12-9-18/h3-6,8-9,11-12,20,26H,7,10,13-16H2,1-2H3/t20-/m0/s1. The van der Waals surface area contributed by atoms with Crippen molar-refractivity contribution in [2.75, 3.05) is 26.7 Å². The number of methoxy groups -OCH3 is 1. The molecule has 3 heterocycles. The zero-order valence-corrected chi connectivity index (χ0v) is 18.9. The molecule has 2 aromatic carbocycles. The van der Waals surface area contributed by atoms with E-state index >= 15 is 0 Å². The zero-order valence-electron chi connectivity index (χ0n) is 18.1. The van der Waals surface area contributed by atoms with Gasteiger partial charge in [-0.15, -0.1) is 11.3 Å². The van der Waals surface area contributed by atoms with E-state index in [1.807, 2.05) is 12.1 Å². The zero-order chi connectivity index (χ0) is 21.2. The Morgan fingerprint density at radius 1 is 1.16 bits per heavy atom. The second-order valence-corrected chi connectivity index (χ2v) is 9.52. The normalized spacial score (nSPS) is 18.1. The third-order valence-electron chi connectivity index (χ3n) is 6.08. The Morgan fingerprint density at radius 3 is 2.84 bits per heavy atom. The molecule has 160 valence electrons. The monoisotopic (exact) mass is 432 g/mol. The van der Waals surface area contributed by atoms with Gasteiger partial charge >= 0.3 is 0 Å². The van der Waals surface area contributed by atoms with Crippen LogP contribution in [0.4, 0.5) is 5.69 Å². The van der Waals surface area contributed by atoms with Gasteiger partial charge in [-0.05, 0) is 49.1 Å². The molecule has 3 aromatic rings. The van der Waals surface area contributed by atoms with Gasteiger partial charge in [0.2, 0.25) is 0 Å². The summed E-state index contributed by atoms with van der Waals surface area (Å²) in [5, 5.41) is 4.82. The Kier molecular flexibility index (Phi) is 5.74. The number of aryl methyl sites for hydroxylation is 2. The summed E-state index contributed by atoms with van der Waals surface area (Å²) in [5.74, 6) is 1.95. The van der Waals surface area contributed by atoms with E-state index in [9.17, 15) is 0 Å². The van der Waals surface area contributed by atoms with Crippen LogP contribution >= 0.6 is 11.3 Å². The molecule has 2 aliphatic heterocycles. The lowest BCUT2D eigenvalue weighted by Crippen LogP contribution is -2.53.